The van der Waals surface area contributed by atoms with Crippen LogP contribution in [0.3, 0.4) is 0 Å². The zero-order valence-electron chi connectivity index (χ0n) is 13.8. The summed E-state index contributed by atoms with van der Waals surface area (Å²) in [6, 6.07) is 7.68. The van der Waals surface area contributed by atoms with E-state index in [0.717, 1.165) is 30.7 Å². The fourth-order valence-electron chi connectivity index (χ4n) is 3.17. The van der Waals surface area contributed by atoms with Crippen molar-refractivity contribution in [3.05, 3.63) is 30.2 Å². The number of ether oxygens (including phenoxy) is 1. The second-order valence-electron chi connectivity index (χ2n) is 6.52. The molecule has 2 heterocycles. The normalized spacial score (nSPS) is 19.2. The average molecular weight is 317 g/mol. The minimum Gasteiger partial charge on any atom is -0.497 e. The Bertz CT molecular complexity index is 646. The second-order valence-corrected chi connectivity index (χ2v) is 6.52. The van der Waals surface area contributed by atoms with Crippen LogP contribution < -0.4 is 4.74 Å². The van der Waals surface area contributed by atoms with Gasteiger partial charge in [0, 0.05) is 11.6 Å². The minimum atomic E-state index is -0.727. The Hall–Kier alpha value is -1.92. The van der Waals surface area contributed by atoms with Crippen molar-refractivity contribution in [1.29, 1.82) is 0 Å². The Morgan fingerprint density at radius 1 is 1.35 bits per heavy atom. The van der Waals surface area contributed by atoms with Crippen molar-refractivity contribution in [2.45, 2.75) is 44.9 Å². The Morgan fingerprint density at radius 2 is 2.09 bits per heavy atom. The molecule has 0 amide bonds. The summed E-state index contributed by atoms with van der Waals surface area (Å²) in [4.78, 5) is 6.69. The lowest BCUT2D eigenvalue weighted by Crippen LogP contribution is -2.45. The molecular formula is C17H23N3O3. The van der Waals surface area contributed by atoms with Gasteiger partial charge in [-0.15, -0.1) is 0 Å². The maximum atomic E-state index is 10.3. The van der Waals surface area contributed by atoms with Crippen molar-refractivity contribution >= 4 is 0 Å². The molecule has 1 aromatic carbocycles. The van der Waals surface area contributed by atoms with Gasteiger partial charge in [-0.3, -0.25) is 4.90 Å². The number of hydrogen-bond donors (Lipinski definition) is 1. The largest absolute Gasteiger partial charge is 0.497 e. The Kier molecular flexibility index (Phi) is 4.37. The first-order chi connectivity index (χ1) is 11.0. The maximum absolute atomic E-state index is 10.3. The van der Waals surface area contributed by atoms with Crippen LogP contribution in [0.15, 0.2) is 28.8 Å². The van der Waals surface area contributed by atoms with Gasteiger partial charge in [0.1, 0.15) is 5.75 Å². The molecule has 124 valence electrons. The molecule has 1 fully saturated rings. The van der Waals surface area contributed by atoms with E-state index in [2.05, 4.69) is 15.0 Å². The number of aromatic nitrogens is 2. The number of rotatable bonds is 5. The molecule has 0 aliphatic carbocycles. The van der Waals surface area contributed by atoms with Crippen LogP contribution >= 0.6 is 0 Å². The highest BCUT2D eigenvalue weighted by Gasteiger charge is 2.36. The molecule has 0 spiro atoms. The van der Waals surface area contributed by atoms with Gasteiger partial charge in [-0.1, -0.05) is 5.16 Å². The van der Waals surface area contributed by atoms with E-state index in [1.165, 1.54) is 0 Å². The van der Waals surface area contributed by atoms with Crippen LogP contribution in [0.25, 0.3) is 11.4 Å². The van der Waals surface area contributed by atoms with Gasteiger partial charge in [0.2, 0.25) is 11.7 Å². The molecule has 1 unspecified atom stereocenters. The predicted molar refractivity (Wildman–Crippen MR) is 86.0 cm³/mol. The molecule has 0 radical (unpaired) electrons. The van der Waals surface area contributed by atoms with Gasteiger partial charge in [0.25, 0.3) is 0 Å². The summed E-state index contributed by atoms with van der Waals surface area (Å²) in [5, 5.41) is 14.3. The van der Waals surface area contributed by atoms with Crippen LogP contribution in [0.5, 0.6) is 5.75 Å². The lowest BCUT2D eigenvalue weighted by molar-refractivity contribution is -0.00774. The number of hydrogen-bond acceptors (Lipinski definition) is 6. The first-order valence-corrected chi connectivity index (χ1v) is 7.91. The number of methoxy groups -OCH3 is 1. The molecule has 6 heteroatoms. The summed E-state index contributed by atoms with van der Waals surface area (Å²) in [7, 11) is 1.64. The van der Waals surface area contributed by atoms with Gasteiger partial charge in [0.05, 0.1) is 19.3 Å². The van der Waals surface area contributed by atoms with Crippen LogP contribution in [-0.4, -0.2) is 45.4 Å². The molecule has 1 aliphatic rings. The fourth-order valence-corrected chi connectivity index (χ4v) is 3.17. The summed E-state index contributed by atoms with van der Waals surface area (Å²) in [6.45, 7) is 5.21. The van der Waals surface area contributed by atoms with Crippen molar-refractivity contribution in [1.82, 2.24) is 15.0 Å². The summed E-state index contributed by atoms with van der Waals surface area (Å²) in [6.07, 6.45) is 2.07. The summed E-state index contributed by atoms with van der Waals surface area (Å²) < 4.78 is 10.5. The summed E-state index contributed by atoms with van der Waals surface area (Å²) in [5.41, 5.74) is 0.163. The molecule has 1 saturated heterocycles. The third kappa shape index (κ3) is 3.54. The average Bonchev–Trinajstić information content (AvgIpc) is 3.17. The van der Waals surface area contributed by atoms with Crippen molar-refractivity contribution in [2.75, 3.05) is 13.7 Å². The topological polar surface area (TPSA) is 71.6 Å². The molecule has 0 bridgehead atoms. The molecule has 1 N–H and O–H groups in total. The molecule has 2 aromatic rings. The highest BCUT2D eigenvalue weighted by atomic mass is 16.5. The number of aliphatic hydroxyl groups is 1. The number of likely N-dealkylation sites (tertiary alicyclic amines) is 1. The van der Waals surface area contributed by atoms with Crippen molar-refractivity contribution in [2.24, 2.45) is 0 Å². The SMILES string of the molecule is COc1ccc(-c2noc(CN3CCCC3C(C)(C)O)n2)cc1. The van der Waals surface area contributed by atoms with Gasteiger partial charge < -0.3 is 14.4 Å². The molecule has 1 atom stereocenters. The van der Waals surface area contributed by atoms with Crippen molar-refractivity contribution < 1.29 is 14.4 Å². The Morgan fingerprint density at radius 3 is 2.74 bits per heavy atom. The molecule has 1 aliphatic heterocycles. The van der Waals surface area contributed by atoms with Gasteiger partial charge in [-0.25, -0.2) is 0 Å². The molecular weight excluding hydrogens is 294 g/mol. The van der Waals surface area contributed by atoms with E-state index in [1.54, 1.807) is 7.11 Å². The van der Waals surface area contributed by atoms with E-state index in [1.807, 2.05) is 38.1 Å². The summed E-state index contributed by atoms with van der Waals surface area (Å²) >= 11 is 0. The summed E-state index contributed by atoms with van der Waals surface area (Å²) in [5.74, 6) is 1.94. The van der Waals surface area contributed by atoms with Crippen molar-refractivity contribution in [3.8, 4) is 17.1 Å². The lowest BCUT2D eigenvalue weighted by Gasteiger charge is -2.32. The molecule has 3 rings (SSSR count). The van der Waals surface area contributed by atoms with Crippen LogP contribution in [0.2, 0.25) is 0 Å². The van der Waals surface area contributed by atoms with Crippen LogP contribution in [-0.2, 0) is 6.54 Å². The molecule has 1 aromatic heterocycles. The Balaban J connectivity index is 1.71. The monoisotopic (exact) mass is 317 g/mol. The van der Waals surface area contributed by atoms with E-state index < -0.39 is 5.60 Å². The van der Waals surface area contributed by atoms with Gasteiger partial charge in [0.15, 0.2) is 0 Å². The van der Waals surface area contributed by atoms with E-state index in [-0.39, 0.29) is 6.04 Å². The quantitative estimate of drug-likeness (QED) is 0.913. The molecule has 0 saturated carbocycles. The van der Waals surface area contributed by atoms with E-state index in [4.69, 9.17) is 9.26 Å². The fraction of sp³-hybridized carbons (Fsp3) is 0.529. The van der Waals surface area contributed by atoms with Crippen LogP contribution in [0.4, 0.5) is 0 Å². The molecule has 23 heavy (non-hydrogen) atoms. The lowest BCUT2D eigenvalue weighted by atomic mass is 9.97. The second kappa shape index (κ2) is 6.29. The standard InChI is InChI=1S/C17H23N3O3/c1-17(2,21)14-5-4-10-20(14)11-15-18-16(19-23-15)12-6-8-13(22-3)9-7-12/h6-9,14,21H,4-5,10-11H2,1-3H3. The first-order valence-electron chi connectivity index (χ1n) is 7.91. The van der Waals surface area contributed by atoms with Crippen LogP contribution in [0, 0.1) is 0 Å². The van der Waals surface area contributed by atoms with Crippen molar-refractivity contribution in [3.63, 3.8) is 0 Å². The van der Waals surface area contributed by atoms with Crippen LogP contribution in [0.1, 0.15) is 32.6 Å². The van der Waals surface area contributed by atoms with E-state index in [9.17, 15) is 5.11 Å². The highest BCUT2D eigenvalue weighted by molar-refractivity contribution is 5.55. The smallest absolute Gasteiger partial charge is 0.241 e. The Labute approximate surface area is 136 Å². The van der Waals surface area contributed by atoms with E-state index >= 15 is 0 Å². The first kappa shape index (κ1) is 16.0. The minimum absolute atomic E-state index is 0.124. The zero-order valence-corrected chi connectivity index (χ0v) is 13.8. The maximum Gasteiger partial charge on any atom is 0.241 e. The van der Waals surface area contributed by atoms with Gasteiger partial charge >= 0.3 is 0 Å². The zero-order chi connectivity index (χ0) is 16.4. The van der Waals surface area contributed by atoms with Gasteiger partial charge in [-0.2, -0.15) is 4.98 Å². The van der Waals surface area contributed by atoms with Gasteiger partial charge in [-0.05, 0) is 57.5 Å². The third-order valence-electron chi connectivity index (χ3n) is 4.33. The third-order valence-corrected chi connectivity index (χ3v) is 4.33. The van der Waals surface area contributed by atoms with E-state index in [0.29, 0.717) is 18.3 Å². The highest BCUT2D eigenvalue weighted by Crippen LogP contribution is 2.28. The molecule has 6 nitrogen and oxygen atoms in total. The predicted octanol–water partition coefficient (Wildman–Crippen LogP) is 2.48. The number of benzene rings is 1. The number of nitrogens with zero attached hydrogens (tertiary/aromatic N) is 3.